The van der Waals surface area contributed by atoms with Gasteiger partial charge in [0.1, 0.15) is 0 Å². The van der Waals surface area contributed by atoms with E-state index in [1.54, 1.807) is 4.72 Å². The molecule has 0 spiro atoms. The van der Waals surface area contributed by atoms with E-state index in [0.717, 1.165) is 12.1 Å². The van der Waals surface area contributed by atoms with Gasteiger partial charge in [-0.3, -0.25) is 15.4 Å². The number of anilines is 1. The van der Waals surface area contributed by atoms with Crippen molar-refractivity contribution in [3.05, 3.63) is 50.7 Å². The predicted molar refractivity (Wildman–Crippen MR) is 94.8 cm³/mol. The Morgan fingerprint density at radius 2 is 2.00 bits per heavy atom. The molecule has 0 unspecified atom stereocenters. The number of hydrogen-bond acceptors (Lipinski definition) is 7. The maximum absolute atomic E-state index is 12.2. The van der Waals surface area contributed by atoms with Gasteiger partial charge in [0.2, 0.25) is 5.95 Å². The molecule has 2 N–H and O–H groups in total. The van der Waals surface area contributed by atoms with Crippen LogP contribution in [0.4, 0.5) is 16.4 Å². The van der Waals surface area contributed by atoms with Crippen LogP contribution >= 0.6 is 31.9 Å². The molecule has 0 atom stereocenters. The van der Waals surface area contributed by atoms with Gasteiger partial charge in [0.05, 0.1) is 15.1 Å². The van der Waals surface area contributed by atoms with Gasteiger partial charge in [-0.1, -0.05) is 28.1 Å². The number of urea groups is 1. The molecule has 2 rings (SSSR count). The number of carbonyl (C=O) groups excluding carboxylic acids is 1. The van der Waals surface area contributed by atoms with Crippen LogP contribution in [0.1, 0.15) is 5.69 Å². The molecular formula is C12H9Br2N5O5S. The summed E-state index contributed by atoms with van der Waals surface area (Å²) in [4.78, 5) is 29.2. The molecule has 0 aliphatic carbocycles. The van der Waals surface area contributed by atoms with E-state index in [2.05, 4.69) is 47.1 Å². The number of sulfonamides is 1. The minimum atomic E-state index is -4.46. The Morgan fingerprint density at radius 1 is 1.32 bits per heavy atom. The number of nitrogens with one attached hydrogen (secondary N) is 2. The van der Waals surface area contributed by atoms with Crippen LogP contribution in [0, 0.1) is 10.1 Å². The molecule has 0 aliphatic rings. The highest BCUT2D eigenvalue weighted by Gasteiger charge is 2.27. The van der Waals surface area contributed by atoms with E-state index in [9.17, 15) is 23.3 Å². The summed E-state index contributed by atoms with van der Waals surface area (Å²) in [6.45, 7) is 0. The zero-order chi connectivity index (χ0) is 18.6. The topological polar surface area (TPSA) is 144 Å². The summed E-state index contributed by atoms with van der Waals surface area (Å²) in [6, 6.07) is 3.51. The lowest BCUT2D eigenvalue weighted by atomic mass is 10.3. The molecule has 25 heavy (non-hydrogen) atoms. The van der Waals surface area contributed by atoms with Gasteiger partial charge in [0.15, 0.2) is 4.90 Å². The van der Waals surface area contributed by atoms with Gasteiger partial charge in [-0.25, -0.2) is 27.9 Å². The highest BCUT2D eigenvalue weighted by Crippen LogP contribution is 2.22. The second-order valence-electron chi connectivity index (χ2n) is 4.41. The highest BCUT2D eigenvalue weighted by molar-refractivity contribution is 9.10. The summed E-state index contributed by atoms with van der Waals surface area (Å²) in [5.74, 6) is -0.132. The van der Waals surface area contributed by atoms with Gasteiger partial charge < -0.3 is 0 Å². The Bertz CT molecular complexity index is 937. The smallest absolute Gasteiger partial charge is 0.275 e. The first-order chi connectivity index (χ1) is 11.7. The van der Waals surface area contributed by atoms with Crippen molar-refractivity contribution in [2.24, 2.45) is 0 Å². The third-order valence-corrected chi connectivity index (χ3v) is 5.32. The maximum atomic E-state index is 12.2. The Hall–Kier alpha value is -2.12. The van der Waals surface area contributed by atoms with Crippen LogP contribution in [0.2, 0.25) is 0 Å². The van der Waals surface area contributed by atoms with Crippen molar-refractivity contribution in [1.82, 2.24) is 14.7 Å². The summed E-state index contributed by atoms with van der Waals surface area (Å²) >= 11 is 6.42. The molecule has 0 saturated carbocycles. The van der Waals surface area contributed by atoms with Crippen LogP contribution in [-0.4, -0.2) is 29.3 Å². The number of nitro groups is 1. The molecule has 132 valence electrons. The van der Waals surface area contributed by atoms with Crippen LogP contribution in [0.15, 0.2) is 39.8 Å². The number of carbonyl (C=O) groups is 1. The quantitative estimate of drug-likeness (QED) is 0.369. The van der Waals surface area contributed by atoms with Gasteiger partial charge in [0.25, 0.3) is 15.7 Å². The molecule has 1 aromatic heterocycles. The molecule has 13 heteroatoms. The molecule has 10 nitrogen and oxygen atoms in total. The lowest BCUT2D eigenvalue weighted by Gasteiger charge is -2.09. The van der Waals surface area contributed by atoms with E-state index < -0.39 is 31.6 Å². The number of para-hydroxylation sites is 1. The molecular weight excluding hydrogens is 486 g/mol. The van der Waals surface area contributed by atoms with Crippen molar-refractivity contribution in [2.45, 2.75) is 10.2 Å². The highest BCUT2D eigenvalue weighted by atomic mass is 79.9. The van der Waals surface area contributed by atoms with Crippen molar-refractivity contribution in [1.29, 1.82) is 0 Å². The van der Waals surface area contributed by atoms with E-state index in [4.69, 9.17) is 0 Å². The zero-order valence-electron chi connectivity index (χ0n) is 12.1. The van der Waals surface area contributed by atoms with Gasteiger partial charge in [0, 0.05) is 17.6 Å². The fraction of sp³-hybridized carbons (Fsp3) is 0.0833. The number of hydrogen-bond donors (Lipinski definition) is 2. The second kappa shape index (κ2) is 7.84. The van der Waals surface area contributed by atoms with Crippen molar-refractivity contribution in [3.8, 4) is 0 Å². The van der Waals surface area contributed by atoms with E-state index >= 15 is 0 Å². The van der Waals surface area contributed by atoms with Crippen LogP contribution in [0.25, 0.3) is 0 Å². The van der Waals surface area contributed by atoms with Gasteiger partial charge in [-0.15, -0.1) is 0 Å². The summed E-state index contributed by atoms with van der Waals surface area (Å²) in [6.07, 6.45) is 1.38. The Kier molecular flexibility index (Phi) is 6.02. The molecule has 0 radical (unpaired) electrons. The normalized spacial score (nSPS) is 11.0. The molecule has 2 aromatic rings. The first-order valence-corrected chi connectivity index (χ1v) is 9.79. The Balaban J connectivity index is 2.21. The van der Waals surface area contributed by atoms with Gasteiger partial charge in [-0.2, -0.15) is 0 Å². The van der Waals surface area contributed by atoms with Crippen molar-refractivity contribution >= 4 is 59.6 Å². The Labute approximate surface area is 158 Å². The fourth-order valence-electron chi connectivity index (χ4n) is 1.70. The minimum absolute atomic E-state index is 0.132. The van der Waals surface area contributed by atoms with Crippen LogP contribution in [0.5, 0.6) is 0 Å². The van der Waals surface area contributed by atoms with E-state index in [1.165, 1.54) is 18.3 Å². The number of amides is 2. The minimum Gasteiger partial charge on any atom is -0.275 e. The second-order valence-corrected chi connectivity index (χ2v) is 7.47. The molecule has 0 bridgehead atoms. The molecule has 0 fully saturated rings. The lowest BCUT2D eigenvalue weighted by molar-refractivity contribution is -0.387. The van der Waals surface area contributed by atoms with E-state index in [-0.39, 0.29) is 5.95 Å². The van der Waals surface area contributed by atoms with Crippen LogP contribution < -0.4 is 10.0 Å². The van der Waals surface area contributed by atoms with Crippen LogP contribution in [-0.2, 0) is 15.4 Å². The lowest BCUT2D eigenvalue weighted by Crippen LogP contribution is -2.35. The molecule has 1 aromatic carbocycles. The summed E-state index contributed by atoms with van der Waals surface area (Å²) < 4.78 is 26.7. The van der Waals surface area contributed by atoms with Crippen molar-refractivity contribution < 1.29 is 18.1 Å². The fourth-order valence-corrected chi connectivity index (χ4v) is 3.91. The number of aromatic nitrogens is 2. The summed E-state index contributed by atoms with van der Waals surface area (Å²) in [5.41, 5.74) is -0.115. The Morgan fingerprint density at radius 3 is 2.64 bits per heavy atom. The number of nitrogens with zero attached hydrogens (tertiary/aromatic N) is 3. The number of benzene rings is 1. The van der Waals surface area contributed by atoms with E-state index in [1.807, 2.05) is 0 Å². The number of alkyl halides is 1. The summed E-state index contributed by atoms with van der Waals surface area (Å²) in [7, 11) is -4.46. The molecule has 2 amide bonds. The van der Waals surface area contributed by atoms with Gasteiger partial charge in [-0.05, 0) is 22.0 Å². The van der Waals surface area contributed by atoms with Crippen LogP contribution in [0.3, 0.4) is 0 Å². The number of rotatable bonds is 5. The third-order valence-electron chi connectivity index (χ3n) is 2.75. The molecule has 0 saturated heterocycles. The first kappa shape index (κ1) is 19.2. The standard InChI is InChI=1S/C12H9Br2N5O5S/c13-5-8-7(14)6-15-11(16-8)17-12(20)18-25(23,24)10-4-2-1-3-9(10)19(21)22/h1-4,6H,5H2,(H2,15,16,17,18,20). The first-order valence-electron chi connectivity index (χ1n) is 6.39. The van der Waals surface area contributed by atoms with Crippen molar-refractivity contribution in [2.75, 3.05) is 5.32 Å². The summed E-state index contributed by atoms with van der Waals surface area (Å²) in [5, 5.41) is 13.5. The molecule has 0 aliphatic heterocycles. The number of nitro benzene ring substituents is 1. The SMILES string of the molecule is O=C(Nc1ncc(Br)c(CBr)n1)NS(=O)(=O)c1ccccc1[N+](=O)[O-]. The molecule has 1 heterocycles. The predicted octanol–water partition coefficient (Wildman–Crippen LogP) is 2.55. The van der Waals surface area contributed by atoms with Crippen molar-refractivity contribution in [3.63, 3.8) is 0 Å². The largest absolute Gasteiger partial charge is 0.335 e. The number of halogens is 2. The maximum Gasteiger partial charge on any atom is 0.335 e. The third kappa shape index (κ3) is 4.70. The van der Waals surface area contributed by atoms with E-state index in [0.29, 0.717) is 15.5 Å². The zero-order valence-corrected chi connectivity index (χ0v) is 16.1. The monoisotopic (exact) mass is 493 g/mol. The van der Waals surface area contributed by atoms with Gasteiger partial charge >= 0.3 is 6.03 Å². The average Bonchev–Trinajstić information content (AvgIpc) is 2.56. The average molecular weight is 495 g/mol.